The van der Waals surface area contributed by atoms with E-state index in [1.165, 1.54) is 0 Å². The molecule has 236 valence electrons. The molecule has 1 rings (SSSR count). The molecule has 1 unspecified atom stereocenters. The van der Waals surface area contributed by atoms with Crippen molar-refractivity contribution in [3.8, 4) is 0 Å². The van der Waals surface area contributed by atoms with Gasteiger partial charge >= 0.3 is 38.4 Å². The molecule has 0 radical (unpaired) electrons. The molecule has 0 aliphatic carbocycles. The van der Waals surface area contributed by atoms with Gasteiger partial charge in [-0.05, 0) is 68.7 Å². The van der Waals surface area contributed by atoms with E-state index in [4.69, 9.17) is 44.6 Å². The molecule has 0 aromatic carbocycles. The number of ether oxygens (including phenoxy) is 1. The van der Waals surface area contributed by atoms with Crippen LogP contribution in [0.4, 0.5) is 0 Å². The van der Waals surface area contributed by atoms with Crippen LogP contribution in [0.25, 0.3) is 0 Å². The third-order valence-corrected chi connectivity index (χ3v) is 19.9. The van der Waals surface area contributed by atoms with Crippen LogP contribution in [0, 0.1) is 0 Å². The average Bonchev–Trinajstić information content (AvgIpc) is 3.13. The van der Waals surface area contributed by atoms with E-state index in [0.717, 1.165) is 0 Å². The number of rotatable bonds is 23. The quantitative estimate of drug-likeness (QED) is 0.0921. The predicted octanol–water partition coefficient (Wildman–Crippen LogP) is 4.04. The zero-order chi connectivity index (χ0) is 30.5. The molecule has 12 nitrogen and oxygen atoms in total. The maximum Gasteiger partial charge on any atom is 0.525 e. The molecule has 40 heavy (non-hydrogen) atoms. The van der Waals surface area contributed by atoms with Crippen LogP contribution in [0.2, 0.25) is 9.70 Å². The Balaban J connectivity index is 4.79. The lowest BCUT2D eigenvalue weighted by Gasteiger charge is -2.55. The third-order valence-electron chi connectivity index (χ3n) is 6.56. The van der Waals surface area contributed by atoms with Crippen molar-refractivity contribution in [3.63, 3.8) is 0 Å². The van der Waals surface area contributed by atoms with Crippen LogP contribution in [0.1, 0.15) is 82.1 Å². The number of carbonyl (C=O) groups excluding carboxylic acids is 2. The molecule has 1 fully saturated rings. The Hall–Kier alpha value is -0.569. The van der Waals surface area contributed by atoms with Gasteiger partial charge in [0, 0.05) is 59.5 Å². The molecule has 0 aromatic heterocycles. The molecule has 1 heterocycles. The van der Waals surface area contributed by atoms with Crippen molar-refractivity contribution in [1.29, 1.82) is 0 Å². The first-order valence-corrected chi connectivity index (χ1v) is 19.9. The summed E-state index contributed by atoms with van der Waals surface area (Å²) < 4.78 is 61.7. The van der Waals surface area contributed by atoms with Crippen molar-refractivity contribution in [2.45, 2.75) is 91.8 Å². The van der Waals surface area contributed by atoms with E-state index in [1.807, 2.05) is 6.92 Å². The standard InChI is InChI=1S/C25H52O12Si3/c1-11-21-24(38(28-12-2,29-13-3)30-14-4)22(26)37-23(27)25(24,39(31-15-5,32-16-6)33-17-7)40(34-18-8,35-19-9)36-20-10/h11-21H2,1-10H3. The van der Waals surface area contributed by atoms with E-state index in [1.54, 1.807) is 62.3 Å². The molecule has 15 heteroatoms. The Labute approximate surface area is 243 Å². The smallest absolute Gasteiger partial charge is 0.392 e. The maximum absolute atomic E-state index is 14.8. The first-order valence-electron chi connectivity index (χ1n) is 14.7. The Morgan fingerprint density at radius 1 is 0.475 bits per heavy atom. The monoisotopic (exact) mass is 628 g/mol. The van der Waals surface area contributed by atoms with Gasteiger partial charge in [0.25, 0.3) is 0 Å². The zero-order valence-corrected chi connectivity index (χ0v) is 29.2. The molecular weight excluding hydrogens is 577 g/mol. The molecule has 0 N–H and O–H groups in total. The summed E-state index contributed by atoms with van der Waals surface area (Å²) in [5, 5.41) is -1.94. The van der Waals surface area contributed by atoms with Crippen LogP contribution < -0.4 is 0 Å². The fraction of sp³-hybridized carbons (Fsp3) is 0.920. The molecule has 1 saturated heterocycles. The van der Waals surface area contributed by atoms with Crippen molar-refractivity contribution in [2.75, 3.05) is 59.5 Å². The van der Waals surface area contributed by atoms with Crippen LogP contribution in [-0.2, 0) is 54.2 Å². The highest BCUT2D eigenvalue weighted by Gasteiger charge is 2.99. The minimum atomic E-state index is -4.45. The maximum atomic E-state index is 14.8. The minimum Gasteiger partial charge on any atom is -0.392 e. The van der Waals surface area contributed by atoms with Crippen LogP contribution in [0.5, 0.6) is 0 Å². The molecular formula is C25H52O12Si3. The molecule has 0 saturated carbocycles. The first kappa shape index (κ1) is 37.5. The highest BCUT2D eigenvalue weighted by molar-refractivity contribution is 6.95. The van der Waals surface area contributed by atoms with Crippen molar-refractivity contribution < 1.29 is 54.2 Å². The average molecular weight is 629 g/mol. The number of hydrogen-bond donors (Lipinski definition) is 0. The van der Waals surface area contributed by atoms with Crippen molar-refractivity contribution in [3.05, 3.63) is 0 Å². The van der Waals surface area contributed by atoms with Gasteiger partial charge in [0.05, 0.1) is 0 Å². The first-order chi connectivity index (χ1) is 19.2. The normalized spacial score (nSPS) is 19.9. The molecule has 1 aliphatic heterocycles. The second-order valence-corrected chi connectivity index (χ2v) is 17.4. The molecule has 0 bridgehead atoms. The summed E-state index contributed by atoms with van der Waals surface area (Å²) >= 11 is 0. The molecule has 0 amide bonds. The lowest BCUT2D eigenvalue weighted by atomic mass is 9.99. The fourth-order valence-corrected chi connectivity index (χ4v) is 20.2. The van der Waals surface area contributed by atoms with Crippen LogP contribution in [0.15, 0.2) is 0 Å². The van der Waals surface area contributed by atoms with E-state index in [2.05, 4.69) is 0 Å². The van der Waals surface area contributed by atoms with Gasteiger partial charge in [-0.1, -0.05) is 13.3 Å². The number of hydrogen-bond acceptors (Lipinski definition) is 12. The lowest BCUT2D eigenvalue weighted by molar-refractivity contribution is -0.154. The van der Waals surface area contributed by atoms with Crippen molar-refractivity contribution in [2.24, 2.45) is 0 Å². The van der Waals surface area contributed by atoms with Gasteiger partial charge in [0.2, 0.25) is 4.66 Å². The van der Waals surface area contributed by atoms with E-state index in [0.29, 0.717) is 6.42 Å². The van der Waals surface area contributed by atoms with E-state index >= 15 is 0 Å². The highest BCUT2D eigenvalue weighted by Crippen LogP contribution is 2.74. The Bertz CT molecular complexity index is 709. The summed E-state index contributed by atoms with van der Waals surface area (Å²) in [5.74, 6) is -1.82. The van der Waals surface area contributed by atoms with Crippen molar-refractivity contribution >= 4 is 38.4 Å². The van der Waals surface area contributed by atoms with Crippen LogP contribution >= 0.6 is 0 Å². The summed E-state index contributed by atoms with van der Waals surface area (Å²) in [7, 11) is -13.2. The second kappa shape index (κ2) is 16.9. The van der Waals surface area contributed by atoms with Gasteiger partial charge in [-0.25, -0.2) is 0 Å². The highest BCUT2D eigenvalue weighted by atomic mass is 28.5. The van der Waals surface area contributed by atoms with Gasteiger partial charge in [-0.3, -0.25) is 9.59 Å². The Kier molecular flexibility index (Phi) is 15.8. The lowest BCUT2D eigenvalue weighted by Crippen LogP contribution is -2.80. The largest absolute Gasteiger partial charge is 0.525 e. The summed E-state index contributed by atoms with van der Waals surface area (Å²) in [6.45, 7) is 18.8. The number of esters is 2. The van der Waals surface area contributed by atoms with Gasteiger partial charge in [0.1, 0.15) is 0 Å². The minimum absolute atomic E-state index is 0.0493. The van der Waals surface area contributed by atoms with E-state index in [-0.39, 0.29) is 65.9 Å². The summed E-state index contributed by atoms with van der Waals surface area (Å²) in [5.41, 5.74) is 0. The van der Waals surface area contributed by atoms with Crippen LogP contribution in [-0.4, -0.2) is 97.8 Å². The van der Waals surface area contributed by atoms with Crippen LogP contribution in [0.3, 0.4) is 0 Å². The number of carbonyl (C=O) groups is 2. The molecule has 0 aromatic rings. The predicted molar refractivity (Wildman–Crippen MR) is 153 cm³/mol. The van der Waals surface area contributed by atoms with Gasteiger partial charge in [-0.2, -0.15) is 0 Å². The third kappa shape index (κ3) is 5.94. The van der Waals surface area contributed by atoms with Crippen molar-refractivity contribution in [1.82, 2.24) is 0 Å². The molecule has 1 atom stereocenters. The van der Waals surface area contributed by atoms with Gasteiger partial charge < -0.3 is 44.6 Å². The Morgan fingerprint density at radius 2 is 0.750 bits per heavy atom. The summed E-state index contributed by atoms with van der Waals surface area (Å²) in [6.07, 6.45) is 0.462. The van der Waals surface area contributed by atoms with Gasteiger partial charge in [0.15, 0.2) is 5.04 Å². The summed E-state index contributed by atoms with van der Waals surface area (Å²) in [6, 6.07) is 0. The zero-order valence-electron chi connectivity index (χ0n) is 26.2. The Morgan fingerprint density at radius 3 is 1.00 bits per heavy atom. The number of cyclic esters (lactones) is 2. The molecule has 1 aliphatic rings. The van der Waals surface area contributed by atoms with Gasteiger partial charge in [-0.15, -0.1) is 0 Å². The summed E-state index contributed by atoms with van der Waals surface area (Å²) in [4.78, 5) is 29.4. The van der Waals surface area contributed by atoms with E-state index in [9.17, 15) is 9.59 Å². The second-order valence-electron chi connectivity index (χ2n) is 8.65. The topological polar surface area (TPSA) is 126 Å². The SMILES string of the molecule is CCCC1([Si](OCC)(OCC)OCC)C(=O)OC(=O)C1([Si](OCC)(OCC)OCC)[Si](OCC)(OCC)OCC. The fourth-order valence-electron chi connectivity index (χ4n) is 5.81. The molecule has 0 spiro atoms. The van der Waals surface area contributed by atoms with E-state index < -0.39 is 48.1 Å².